The summed E-state index contributed by atoms with van der Waals surface area (Å²) >= 11 is 0. The van der Waals surface area contributed by atoms with Crippen molar-refractivity contribution in [2.75, 3.05) is 13.1 Å². The average molecular weight is 204 g/mol. The van der Waals surface area contributed by atoms with Gasteiger partial charge < -0.3 is 20.8 Å². The van der Waals surface area contributed by atoms with Crippen molar-refractivity contribution in [1.82, 2.24) is 10.6 Å². The third-order valence-corrected chi connectivity index (χ3v) is 1.04. The fraction of sp³-hybridized carbons (Fsp3) is 0.333. The highest BCUT2D eigenvalue weighted by atomic mass is 16.4. The molecule has 0 aliphatic heterocycles. The first-order chi connectivity index (χ1) is 6.43. The Balaban J connectivity index is 3.69. The predicted octanol–water partition coefficient (Wildman–Crippen LogP) is -2.61. The normalized spacial score (nSPS) is 8.86. The zero-order chi connectivity index (χ0) is 11.1. The van der Waals surface area contributed by atoms with Crippen molar-refractivity contribution in [1.29, 1.82) is 0 Å². The number of aliphatic carboxylic acids is 2. The molecular weight excluding hydrogens is 196 g/mol. The minimum atomic E-state index is -1.71. The standard InChI is InChI=1S/C6H8N2O6/c9-3(7-2-4(10)11)1-8-5(12)6(13)14/h1-2H2,(H,7,9)(H,8,12)(H,10,11)(H,13,14). The maximum atomic E-state index is 10.7. The van der Waals surface area contributed by atoms with Crippen LogP contribution in [0.1, 0.15) is 0 Å². The molecule has 0 heterocycles. The van der Waals surface area contributed by atoms with Gasteiger partial charge in [0.2, 0.25) is 5.91 Å². The van der Waals surface area contributed by atoms with E-state index in [0.29, 0.717) is 0 Å². The van der Waals surface area contributed by atoms with E-state index in [9.17, 15) is 19.2 Å². The number of carbonyl (C=O) groups excluding carboxylic acids is 2. The zero-order valence-electron chi connectivity index (χ0n) is 6.94. The van der Waals surface area contributed by atoms with Crippen LogP contribution < -0.4 is 10.6 Å². The molecule has 0 saturated carbocycles. The molecule has 0 fully saturated rings. The van der Waals surface area contributed by atoms with Gasteiger partial charge in [0.15, 0.2) is 0 Å². The van der Waals surface area contributed by atoms with Crippen LogP contribution in [0.15, 0.2) is 0 Å². The third-order valence-electron chi connectivity index (χ3n) is 1.04. The van der Waals surface area contributed by atoms with Gasteiger partial charge in [-0.25, -0.2) is 4.79 Å². The van der Waals surface area contributed by atoms with E-state index >= 15 is 0 Å². The van der Waals surface area contributed by atoms with Crippen molar-refractivity contribution < 1.29 is 29.4 Å². The molecule has 0 spiro atoms. The van der Waals surface area contributed by atoms with Crippen molar-refractivity contribution in [3.63, 3.8) is 0 Å². The molecule has 0 aromatic rings. The Bertz CT molecular complexity index is 273. The maximum Gasteiger partial charge on any atom is 0.394 e. The summed E-state index contributed by atoms with van der Waals surface area (Å²) < 4.78 is 0. The fourth-order valence-electron chi connectivity index (χ4n) is 0.473. The van der Waals surface area contributed by atoms with E-state index in [1.54, 1.807) is 5.32 Å². The van der Waals surface area contributed by atoms with E-state index in [2.05, 4.69) is 0 Å². The minimum Gasteiger partial charge on any atom is -0.480 e. The van der Waals surface area contributed by atoms with Gasteiger partial charge in [-0.2, -0.15) is 0 Å². The van der Waals surface area contributed by atoms with Crippen LogP contribution in [0, 0.1) is 0 Å². The molecule has 0 radical (unpaired) electrons. The fourth-order valence-corrected chi connectivity index (χ4v) is 0.473. The third kappa shape index (κ3) is 5.52. The second-order valence-corrected chi connectivity index (χ2v) is 2.16. The molecule has 78 valence electrons. The lowest BCUT2D eigenvalue weighted by molar-refractivity contribution is -0.150. The minimum absolute atomic E-state index is 0.571. The second kappa shape index (κ2) is 5.51. The van der Waals surface area contributed by atoms with Crippen molar-refractivity contribution in [3.05, 3.63) is 0 Å². The van der Waals surface area contributed by atoms with Crippen LogP contribution in [-0.4, -0.2) is 47.1 Å². The van der Waals surface area contributed by atoms with Gasteiger partial charge in [-0.15, -0.1) is 0 Å². The summed E-state index contributed by atoms with van der Waals surface area (Å²) in [4.78, 5) is 41.0. The smallest absolute Gasteiger partial charge is 0.394 e. The lowest BCUT2D eigenvalue weighted by Gasteiger charge is -2.02. The summed E-state index contributed by atoms with van der Waals surface area (Å²) in [6.07, 6.45) is 0. The Morgan fingerprint density at radius 1 is 0.929 bits per heavy atom. The number of carboxylic acid groups (broad SMARTS) is 2. The lowest BCUT2D eigenvalue weighted by atomic mass is 10.5. The number of amides is 2. The molecule has 14 heavy (non-hydrogen) atoms. The first-order valence-electron chi connectivity index (χ1n) is 3.43. The van der Waals surface area contributed by atoms with Crippen LogP contribution in [0.2, 0.25) is 0 Å². The van der Waals surface area contributed by atoms with Crippen LogP contribution in [0.5, 0.6) is 0 Å². The van der Waals surface area contributed by atoms with Crippen molar-refractivity contribution in [2.45, 2.75) is 0 Å². The monoisotopic (exact) mass is 204 g/mol. The van der Waals surface area contributed by atoms with Gasteiger partial charge in [0.1, 0.15) is 6.54 Å². The molecule has 8 nitrogen and oxygen atoms in total. The number of carbonyl (C=O) groups is 4. The number of rotatable bonds is 4. The van der Waals surface area contributed by atoms with Gasteiger partial charge in [0.25, 0.3) is 0 Å². The molecule has 8 heteroatoms. The Labute approximate surface area is 77.9 Å². The Kier molecular flexibility index (Phi) is 4.68. The van der Waals surface area contributed by atoms with Crippen LogP contribution in [0.3, 0.4) is 0 Å². The SMILES string of the molecule is O=C(O)CNC(=O)CNC(=O)C(=O)O. The molecule has 0 atom stereocenters. The predicted molar refractivity (Wildman–Crippen MR) is 41.3 cm³/mol. The van der Waals surface area contributed by atoms with Crippen LogP contribution in [-0.2, 0) is 19.2 Å². The zero-order valence-corrected chi connectivity index (χ0v) is 6.94. The Hall–Kier alpha value is -2.12. The van der Waals surface area contributed by atoms with Gasteiger partial charge in [-0.1, -0.05) is 0 Å². The van der Waals surface area contributed by atoms with Gasteiger partial charge in [0, 0.05) is 0 Å². The highest BCUT2D eigenvalue weighted by molar-refractivity contribution is 6.31. The summed E-state index contributed by atoms with van der Waals surface area (Å²) in [5, 5.41) is 19.9. The summed E-state index contributed by atoms with van der Waals surface area (Å²) in [6, 6.07) is 0. The van der Waals surface area contributed by atoms with Crippen LogP contribution >= 0.6 is 0 Å². The van der Waals surface area contributed by atoms with Gasteiger partial charge in [-0.3, -0.25) is 14.4 Å². The van der Waals surface area contributed by atoms with Crippen LogP contribution in [0.4, 0.5) is 0 Å². The Morgan fingerprint density at radius 2 is 1.50 bits per heavy atom. The highest BCUT2D eigenvalue weighted by Crippen LogP contribution is 1.68. The summed E-state index contributed by atoms with van der Waals surface area (Å²) in [5.41, 5.74) is 0. The van der Waals surface area contributed by atoms with E-state index in [4.69, 9.17) is 10.2 Å². The molecule has 0 unspecified atom stereocenters. The topological polar surface area (TPSA) is 133 Å². The van der Waals surface area contributed by atoms with E-state index in [0.717, 1.165) is 0 Å². The molecular formula is C6H8N2O6. The molecule has 0 aromatic carbocycles. The number of hydrogen-bond donors (Lipinski definition) is 4. The summed E-state index contributed by atoms with van der Waals surface area (Å²) in [5.74, 6) is -5.04. The van der Waals surface area contributed by atoms with Crippen molar-refractivity contribution in [3.8, 4) is 0 Å². The van der Waals surface area contributed by atoms with Gasteiger partial charge in [0.05, 0.1) is 6.54 Å². The Morgan fingerprint density at radius 3 is 1.93 bits per heavy atom. The molecule has 0 aliphatic rings. The van der Waals surface area contributed by atoms with E-state index in [-0.39, 0.29) is 0 Å². The molecule has 0 saturated heterocycles. The molecule has 0 rings (SSSR count). The van der Waals surface area contributed by atoms with Crippen molar-refractivity contribution in [2.24, 2.45) is 0 Å². The second-order valence-electron chi connectivity index (χ2n) is 2.16. The maximum absolute atomic E-state index is 10.7. The van der Waals surface area contributed by atoms with Crippen molar-refractivity contribution >= 4 is 23.8 Å². The van der Waals surface area contributed by atoms with E-state index in [1.165, 1.54) is 0 Å². The quantitative estimate of drug-likeness (QED) is 0.371. The first-order valence-corrected chi connectivity index (χ1v) is 3.43. The van der Waals surface area contributed by atoms with E-state index < -0.39 is 36.8 Å². The van der Waals surface area contributed by atoms with E-state index in [1.807, 2.05) is 5.32 Å². The number of carboxylic acids is 2. The molecule has 2 amide bonds. The first kappa shape index (κ1) is 11.9. The molecule has 4 N–H and O–H groups in total. The highest BCUT2D eigenvalue weighted by Gasteiger charge is 2.12. The summed E-state index contributed by atoms with van der Waals surface area (Å²) in [7, 11) is 0. The molecule has 0 bridgehead atoms. The average Bonchev–Trinajstić information content (AvgIpc) is 2.10. The van der Waals surface area contributed by atoms with Crippen LogP contribution in [0.25, 0.3) is 0 Å². The lowest BCUT2D eigenvalue weighted by Crippen LogP contribution is -2.41. The molecule has 0 aromatic heterocycles. The van der Waals surface area contributed by atoms with Gasteiger partial charge >= 0.3 is 17.8 Å². The number of nitrogens with one attached hydrogen (secondary N) is 2. The largest absolute Gasteiger partial charge is 0.480 e. The molecule has 0 aliphatic carbocycles. The van der Waals surface area contributed by atoms with Gasteiger partial charge in [-0.05, 0) is 0 Å². The summed E-state index contributed by atoms with van der Waals surface area (Å²) in [6.45, 7) is -1.15. The number of hydrogen-bond acceptors (Lipinski definition) is 4.